The number of fused-ring (bicyclic) bond motifs is 1. The minimum Gasteiger partial charge on any atom is -0.493 e. The maximum atomic E-state index is 13.8. The molecule has 4 aromatic rings. The quantitative estimate of drug-likeness (QED) is 0.454. The fourth-order valence-corrected chi connectivity index (χ4v) is 4.39. The third-order valence-corrected chi connectivity index (χ3v) is 6.31. The first-order valence-electron chi connectivity index (χ1n) is 11.1. The van der Waals surface area contributed by atoms with Crippen LogP contribution in [0.3, 0.4) is 0 Å². The van der Waals surface area contributed by atoms with Gasteiger partial charge in [-0.25, -0.2) is 4.68 Å². The molecule has 1 aliphatic heterocycles. The Hall–Kier alpha value is -3.87. The molecule has 2 aromatic heterocycles. The van der Waals surface area contributed by atoms with E-state index < -0.39 is 0 Å². The third kappa shape index (κ3) is 4.02. The fraction of sp³-hybridized carbons (Fsp3) is 0.269. The summed E-state index contributed by atoms with van der Waals surface area (Å²) in [6, 6.07) is 17.7. The van der Waals surface area contributed by atoms with Gasteiger partial charge in [0.2, 0.25) is 0 Å². The topological polar surface area (TPSA) is 65.2 Å². The average molecular weight is 442 g/mol. The van der Waals surface area contributed by atoms with Crippen molar-refractivity contribution in [1.29, 1.82) is 0 Å². The van der Waals surface area contributed by atoms with Crippen molar-refractivity contribution in [3.63, 3.8) is 0 Å². The van der Waals surface area contributed by atoms with Crippen molar-refractivity contribution in [2.24, 2.45) is 7.05 Å². The van der Waals surface area contributed by atoms with Crippen molar-refractivity contribution in [2.75, 3.05) is 6.61 Å². The molecule has 33 heavy (non-hydrogen) atoms. The van der Waals surface area contributed by atoms with E-state index in [2.05, 4.69) is 10.2 Å². The summed E-state index contributed by atoms with van der Waals surface area (Å²) in [6.07, 6.45) is 2.61. The van der Waals surface area contributed by atoms with Crippen LogP contribution in [0.2, 0.25) is 0 Å². The van der Waals surface area contributed by atoms with E-state index in [1.807, 2.05) is 89.8 Å². The molecule has 0 fully saturated rings. The molecule has 168 valence electrons. The molecule has 1 aliphatic rings. The molecule has 7 heteroatoms. The minimum atomic E-state index is -0.0202. The number of aromatic nitrogens is 4. The van der Waals surface area contributed by atoms with Crippen molar-refractivity contribution < 1.29 is 9.53 Å². The summed E-state index contributed by atoms with van der Waals surface area (Å²) in [5.74, 6) is 0.854. The highest BCUT2D eigenvalue weighted by Gasteiger charge is 2.23. The first-order chi connectivity index (χ1) is 16.0. The number of nitrogens with zero attached hydrogens (tertiary/aromatic N) is 5. The van der Waals surface area contributed by atoms with Crippen LogP contribution in [0.5, 0.6) is 5.75 Å². The number of hydrogen-bond donors (Lipinski definition) is 0. The van der Waals surface area contributed by atoms with Crippen LogP contribution in [0, 0.1) is 13.8 Å². The lowest BCUT2D eigenvalue weighted by Crippen LogP contribution is -2.31. The molecule has 7 nitrogen and oxygen atoms in total. The second-order valence-electron chi connectivity index (χ2n) is 8.43. The van der Waals surface area contributed by atoms with Crippen LogP contribution in [0.15, 0.2) is 60.8 Å². The Kier molecular flexibility index (Phi) is 5.46. The maximum Gasteiger partial charge on any atom is 0.254 e. The van der Waals surface area contributed by atoms with Crippen molar-refractivity contribution in [3.8, 4) is 11.4 Å². The van der Waals surface area contributed by atoms with Crippen LogP contribution < -0.4 is 4.74 Å². The zero-order valence-electron chi connectivity index (χ0n) is 19.2. The molecule has 0 radical (unpaired) electrons. The first-order valence-corrected chi connectivity index (χ1v) is 11.1. The molecule has 0 bridgehead atoms. The van der Waals surface area contributed by atoms with Gasteiger partial charge >= 0.3 is 0 Å². The normalized spacial score (nSPS) is 12.5. The average Bonchev–Trinajstić information content (AvgIpc) is 3.54. The number of para-hydroxylation sites is 1. The number of carbonyl (C=O) groups excluding carboxylic acids is 1. The van der Waals surface area contributed by atoms with Gasteiger partial charge in [0.15, 0.2) is 0 Å². The van der Waals surface area contributed by atoms with E-state index in [4.69, 9.17) is 4.74 Å². The van der Waals surface area contributed by atoms with Gasteiger partial charge in [-0.15, -0.1) is 0 Å². The van der Waals surface area contributed by atoms with E-state index in [0.29, 0.717) is 25.3 Å². The Balaban J connectivity index is 1.51. The molecule has 0 atom stereocenters. The smallest absolute Gasteiger partial charge is 0.254 e. The van der Waals surface area contributed by atoms with Gasteiger partial charge in [-0.1, -0.05) is 18.2 Å². The van der Waals surface area contributed by atoms with Gasteiger partial charge in [0.1, 0.15) is 5.75 Å². The summed E-state index contributed by atoms with van der Waals surface area (Å²) in [5.41, 5.74) is 6.73. The summed E-state index contributed by atoms with van der Waals surface area (Å²) >= 11 is 0. The second kappa shape index (κ2) is 8.58. The van der Waals surface area contributed by atoms with E-state index in [0.717, 1.165) is 46.1 Å². The molecule has 0 saturated heterocycles. The van der Waals surface area contributed by atoms with Gasteiger partial charge in [-0.2, -0.15) is 10.2 Å². The Morgan fingerprint density at radius 2 is 1.91 bits per heavy atom. The summed E-state index contributed by atoms with van der Waals surface area (Å²) in [6.45, 7) is 5.60. The van der Waals surface area contributed by atoms with E-state index in [9.17, 15) is 4.79 Å². The summed E-state index contributed by atoms with van der Waals surface area (Å²) < 4.78 is 9.38. The standard InChI is InChI=1S/C26H27N5O2/c1-18-24(19(2)29(3)28-18)17-30(26(32)21-9-10-25-20(15-21)12-14-33-25)16-23-11-13-27-31(23)22-7-5-4-6-8-22/h4-11,13,15H,12,14,16-17H2,1-3H3. The van der Waals surface area contributed by atoms with Crippen molar-refractivity contribution in [2.45, 2.75) is 33.4 Å². The van der Waals surface area contributed by atoms with Crippen LogP contribution in [0.1, 0.15) is 38.6 Å². The number of aryl methyl sites for hydroxylation is 2. The molecule has 1 amide bonds. The SMILES string of the molecule is Cc1nn(C)c(C)c1CN(Cc1ccnn1-c1ccccc1)C(=O)c1ccc2c(c1)CCO2. The van der Waals surface area contributed by atoms with Gasteiger partial charge in [-0.05, 0) is 55.8 Å². The maximum absolute atomic E-state index is 13.8. The first kappa shape index (κ1) is 21.0. The highest BCUT2D eigenvalue weighted by Crippen LogP contribution is 2.27. The second-order valence-corrected chi connectivity index (χ2v) is 8.43. The number of benzene rings is 2. The van der Waals surface area contributed by atoms with Crippen molar-refractivity contribution >= 4 is 5.91 Å². The Bertz CT molecular complexity index is 1310. The number of ether oxygens (including phenoxy) is 1. The highest BCUT2D eigenvalue weighted by atomic mass is 16.5. The Morgan fingerprint density at radius 1 is 1.09 bits per heavy atom. The van der Waals surface area contributed by atoms with Gasteiger partial charge in [0.05, 0.1) is 36.8 Å². The fourth-order valence-electron chi connectivity index (χ4n) is 4.39. The lowest BCUT2D eigenvalue weighted by molar-refractivity contribution is 0.0726. The molecule has 0 spiro atoms. The molecule has 0 unspecified atom stereocenters. The van der Waals surface area contributed by atoms with Crippen LogP contribution >= 0.6 is 0 Å². The van der Waals surface area contributed by atoms with Gasteiger partial charge in [0.25, 0.3) is 5.91 Å². The number of amides is 1. The summed E-state index contributed by atoms with van der Waals surface area (Å²) in [4.78, 5) is 15.7. The van der Waals surface area contributed by atoms with Crippen molar-refractivity contribution in [1.82, 2.24) is 24.5 Å². The molecule has 0 aliphatic carbocycles. The van der Waals surface area contributed by atoms with E-state index in [-0.39, 0.29) is 5.91 Å². The third-order valence-electron chi connectivity index (χ3n) is 6.31. The molecule has 5 rings (SSSR count). The van der Waals surface area contributed by atoms with Crippen LogP contribution in [-0.2, 0) is 26.6 Å². The molecule has 3 heterocycles. The predicted molar refractivity (Wildman–Crippen MR) is 125 cm³/mol. The summed E-state index contributed by atoms with van der Waals surface area (Å²) in [7, 11) is 1.93. The predicted octanol–water partition coefficient (Wildman–Crippen LogP) is 4.00. The lowest BCUT2D eigenvalue weighted by Gasteiger charge is -2.24. The molecule has 2 aromatic carbocycles. The largest absolute Gasteiger partial charge is 0.493 e. The van der Waals surface area contributed by atoms with Crippen LogP contribution in [-0.4, -0.2) is 37.0 Å². The van der Waals surface area contributed by atoms with Crippen molar-refractivity contribution in [3.05, 3.63) is 94.6 Å². The van der Waals surface area contributed by atoms with E-state index >= 15 is 0 Å². The molecular weight excluding hydrogens is 414 g/mol. The monoisotopic (exact) mass is 441 g/mol. The summed E-state index contributed by atoms with van der Waals surface area (Å²) in [5, 5.41) is 9.06. The van der Waals surface area contributed by atoms with Crippen LogP contribution in [0.4, 0.5) is 0 Å². The van der Waals surface area contributed by atoms with E-state index in [1.54, 1.807) is 6.20 Å². The highest BCUT2D eigenvalue weighted by molar-refractivity contribution is 5.94. The zero-order chi connectivity index (χ0) is 22.9. The van der Waals surface area contributed by atoms with E-state index in [1.165, 1.54) is 0 Å². The van der Waals surface area contributed by atoms with Gasteiger partial charge in [-0.3, -0.25) is 9.48 Å². The molecular formula is C26H27N5O2. The molecule has 0 saturated carbocycles. The molecule has 0 N–H and O–H groups in total. The Labute approximate surface area is 193 Å². The number of rotatable bonds is 6. The van der Waals surface area contributed by atoms with Gasteiger partial charge in [0, 0.05) is 36.5 Å². The Morgan fingerprint density at radius 3 is 2.67 bits per heavy atom. The van der Waals surface area contributed by atoms with Crippen LogP contribution in [0.25, 0.3) is 5.69 Å². The number of carbonyl (C=O) groups is 1. The van der Waals surface area contributed by atoms with Gasteiger partial charge < -0.3 is 9.64 Å². The number of hydrogen-bond acceptors (Lipinski definition) is 4. The zero-order valence-corrected chi connectivity index (χ0v) is 19.2. The minimum absolute atomic E-state index is 0.0202. The lowest BCUT2D eigenvalue weighted by atomic mass is 10.1.